The number of hydrogen-bond acceptors (Lipinski definition) is 5. The van der Waals surface area contributed by atoms with E-state index in [1.54, 1.807) is 6.07 Å². The first-order chi connectivity index (χ1) is 13.4. The topological polar surface area (TPSA) is 79.1 Å². The van der Waals surface area contributed by atoms with E-state index in [1.165, 1.54) is 30.1 Å². The van der Waals surface area contributed by atoms with Crippen LogP contribution in [0.5, 0.6) is 0 Å². The lowest BCUT2D eigenvalue weighted by Crippen LogP contribution is -2.55. The van der Waals surface area contributed by atoms with Crippen LogP contribution in [0.1, 0.15) is 34.2 Å². The minimum Gasteiger partial charge on any atom is -0.377 e. The number of carbonyl (C=O) groups is 1. The van der Waals surface area contributed by atoms with Gasteiger partial charge in [-0.2, -0.15) is 5.26 Å². The van der Waals surface area contributed by atoms with Gasteiger partial charge < -0.3 is 14.6 Å². The quantitative estimate of drug-likeness (QED) is 0.754. The van der Waals surface area contributed by atoms with Crippen molar-refractivity contribution in [1.29, 1.82) is 5.26 Å². The number of nitrogens with zero attached hydrogens (tertiary/aromatic N) is 2. The van der Waals surface area contributed by atoms with Gasteiger partial charge in [0.25, 0.3) is 5.91 Å². The predicted octanol–water partition coefficient (Wildman–Crippen LogP) is 3.47. The second-order valence-electron chi connectivity index (χ2n) is 7.22. The molecule has 144 valence electrons. The molecule has 1 aromatic heterocycles. The molecule has 0 unspecified atom stereocenters. The number of anilines is 1. The fourth-order valence-electron chi connectivity index (χ4n) is 3.31. The van der Waals surface area contributed by atoms with Crippen LogP contribution in [0.15, 0.2) is 29.2 Å². The lowest BCUT2D eigenvalue weighted by molar-refractivity contribution is -0.0510. The van der Waals surface area contributed by atoms with E-state index in [9.17, 15) is 9.18 Å². The van der Waals surface area contributed by atoms with E-state index >= 15 is 0 Å². The van der Waals surface area contributed by atoms with Gasteiger partial charge in [-0.15, -0.1) is 0 Å². The number of carbonyl (C=O) groups excluding carboxylic acids is 1. The first-order valence-corrected chi connectivity index (χ1v) is 9.66. The molecule has 6 nitrogen and oxygen atoms in total. The molecule has 28 heavy (non-hydrogen) atoms. The third-order valence-electron chi connectivity index (χ3n) is 4.85. The number of ether oxygens (including phenoxy) is 1. The first kappa shape index (κ1) is 18.7. The van der Waals surface area contributed by atoms with Crippen LogP contribution in [-0.4, -0.2) is 29.2 Å². The largest absolute Gasteiger partial charge is 0.377 e. The van der Waals surface area contributed by atoms with E-state index in [2.05, 4.69) is 17.0 Å². The second-order valence-corrected chi connectivity index (χ2v) is 8.04. The molecule has 1 saturated heterocycles. The molecule has 0 spiro atoms. The number of aromatic nitrogens is 1. The molecule has 0 saturated carbocycles. The maximum atomic E-state index is 13.5. The molecule has 2 aliphatic rings. The molecular formula is C20H19FN4O2S. The molecule has 0 atom stereocenters. The molecule has 2 aromatic rings. The summed E-state index contributed by atoms with van der Waals surface area (Å²) < 4.78 is 24.2. The van der Waals surface area contributed by atoms with Crippen LogP contribution in [0.25, 0.3) is 6.08 Å². The number of rotatable bonds is 5. The number of hydrogen-bond donors (Lipinski definition) is 2. The molecule has 8 heteroatoms. The van der Waals surface area contributed by atoms with Crippen LogP contribution in [0.3, 0.4) is 0 Å². The fraction of sp³-hybridized carbons (Fsp3) is 0.300. The fourth-order valence-corrected chi connectivity index (χ4v) is 4.31. The van der Waals surface area contributed by atoms with E-state index in [1.807, 2.05) is 23.6 Å². The highest BCUT2D eigenvalue weighted by molar-refractivity contribution is 7.97. The van der Waals surface area contributed by atoms with Crippen molar-refractivity contribution in [2.75, 3.05) is 18.5 Å². The van der Waals surface area contributed by atoms with Crippen molar-refractivity contribution >= 4 is 29.6 Å². The zero-order valence-corrected chi connectivity index (χ0v) is 16.3. The van der Waals surface area contributed by atoms with Crippen molar-refractivity contribution in [3.05, 3.63) is 52.6 Å². The zero-order valence-electron chi connectivity index (χ0n) is 15.5. The van der Waals surface area contributed by atoms with Gasteiger partial charge in [0, 0.05) is 12.2 Å². The lowest BCUT2D eigenvalue weighted by atomic mass is 10.0. The number of nitriles is 1. The number of nitrogens with one attached hydrogen (secondary N) is 2. The minimum absolute atomic E-state index is 0.0710. The summed E-state index contributed by atoms with van der Waals surface area (Å²) >= 11 is 1.51. The Balaban J connectivity index is 1.60. The Morgan fingerprint density at radius 2 is 2.21 bits per heavy atom. The smallest absolute Gasteiger partial charge is 0.272 e. The molecule has 1 fully saturated rings. The lowest BCUT2D eigenvalue weighted by Gasteiger charge is -2.38. The van der Waals surface area contributed by atoms with Gasteiger partial charge in [0.15, 0.2) is 0 Å². The summed E-state index contributed by atoms with van der Waals surface area (Å²) in [7, 11) is 0. The molecule has 2 N–H and O–H groups in total. The maximum absolute atomic E-state index is 13.5. The average molecular weight is 398 g/mol. The van der Waals surface area contributed by atoms with Crippen molar-refractivity contribution in [3.63, 3.8) is 0 Å². The second kappa shape index (κ2) is 7.09. The van der Waals surface area contributed by atoms with Crippen LogP contribution in [0, 0.1) is 24.1 Å². The monoisotopic (exact) mass is 398 g/mol. The SMILES string of the molecule is Cc1c(SNC2(C)COC2)c2n(c1C(=O)Nc1ccc(F)c(C#N)c1)CC=C2. The van der Waals surface area contributed by atoms with Crippen LogP contribution < -0.4 is 10.0 Å². The Kier molecular flexibility index (Phi) is 4.75. The molecule has 0 bridgehead atoms. The summed E-state index contributed by atoms with van der Waals surface area (Å²) in [6.07, 6.45) is 4.02. The Morgan fingerprint density at radius 3 is 2.89 bits per heavy atom. The minimum atomic E-state index is -0.609. The van der Waals surface area contributed by atoms with Crippen molar-refractivity contribution in [1.82, 2.24) is 9.29 Å². The van der Waals surface area contributed by atoms with Crippen LogP contribution >= 0.6 is 11.9 Å². The summed E-state index contributed by atoms with van der Waals surface area (Å²) in [4.78, 5) is 14.0. The molecule has 2 aliphatic heterocycles. The zero-order chi connectivity index (χ0) is 19.9. The average Bonchev–Trinajstić information content (AvgIpc) is 3.20. The normalized spacial score (nSPS) is 16.4. The van der Waals surface area contributed by atoms with Crippen molar-refractivity contribution < 1.29 is 13.9 Å². The van der Waals surface area contributed by atoms with Crippen molar-refractivity contribution in [2.45, 2.75) is 30.8 Å². The molecule has 0 aliphatic carbocycles. The molecule has 4 rings (SSSR count). The highest BCUT2D eigenvalue weighted by atomic mass is 32.2. The van der Waals surface area contributed by atoms with Gasteiger partial charge in [-0.05, 0) is 55.6 Å². The van der Waals surface area contributed by atoms with Crippen molar-refractivity contribution in [3.8, 4) is 6.07 Å². The van der Waals surface area contributed by atoms with Gasteiger partial charge in [-0.3, -0.25) is 4.79 Å². The predicted molar refractivity (Wildman–Crippen MR) is 105 cm³/mol. The molecule has 1 amide bonds. The highest BCUT2D eigenvalue weighted by Gasteiger charge is 2.34. The molecule has 1 aromatic carbocycles. The van der Waals surface area contributed by atoms with Gasteiger partial charge in [0.2, 0.25) is 0 Å². The van der Waals surface area contributed by atoms with E-state index in [0.29, 0.717) is 31.1 Å². The number of halogens is 1. The highest BCUT2D eigenvalue weighted by Crippen LogP contribution is 2.36. The number of benzene rings is 1. The van der Waals surface area contributed by atoms with Crippen LogP contribution in [-0.2, 0) is 11.3 Å². The summed E-state index contributed by atoms with van der Waals surface area (Å²) in [5, 5.41) is 11.8. The van der Waals surface area contributed by atoms with Gasteiger partial charge >= 0.3 is 0 Å². The molecule has 3 heterocycles. The Labute approximate surface area is 166 Å². The number of allylic oxidation sites excluding steroid dienone is 1. The molecule has 0 radical (unpaired) electrons. The Bertz CT molecular complexity index is 1030. The van der Waals surface area contributed by atoms with Crippen LogP contribution in [0.2, 0.25) is 0 Å². The third kappa shape index (κ3) is 3.22. The summed E-state index contributed by atoms with van der Waals surface area (Å²) in [5.74, 6) is -0.898. The number of fused-ring (bicyclic) bond motifs is 1. The van der Waals surface area contributed by atoms with Gasteiger partial charge in [-0.25, -0.2) is 9.11 Å². The van der Waals surface area contributed by atoms with Crippen LogP contribution in [0.4, 0.5) is 10.1 Å². The summed E-state index contributed by atoms with van der Waals surface area (Å²) in [6, 6.07) is 5.75. The number of amides is 1. The van der Waals surface area contributed by atoms with E-state index < -0.39 is 5.82 Å². The van der Waals surface area contributed by atoms with Crippen molar-refractivity contribution in [2.24, 2.45) is 0 Å². The maximum Gasteiger partial charge on any atom is 0.272 e. The first-order valence-electron chi connectivity index (χ1n) is 8.84. The Hall–Kier alpha value is -2.60. The molecular weight excluding hydrogens is 379 g/mol. The Morgan fingerprint density at radius 1 is 1.43 bits per heavy atom. The summed E-state index contributed by atoms with van der Waals surface area (Å²) in [6.45, 7) is 5.95. The van der Waals surface area contributed by atoms with Gasteiger partial charge in [0.1, 0.15) is 17.6 Å². The van der Waals surface area contributed by atoms with E-state index in [-0.39, 0.29) is 17.0 Å². The third-order valence-corrected chi connectivity index (χ3v) is 6.17. The summed E-state index contributed by atoms with van der Waals surface area (Å²) in [5.41, 5.74) is 2.63. The van der Waals surface area contributed by atoms with E-state index in [4.69, 9.17) is 10.00 Å². The van der Waals surface area contributed by atoms with E-state index in [0.717, 1.165) is 16.2 Å². The standard InChI is InChI=1S/C20H19FN4O2S/c1-12-17(19(26)23-14-5-6-15(21)13(8-14)9-22)25-7-3-4-16(25)18(12)28-24-20(2)10-27-11-20/h3-6,8,24H,7,10-11H2,1-2H3,(H,23,26). The van der Waals surface area contributed by atoms with Gasteiger partial charge in [-0.1, -0.05) is 6.08 Å². The van der Waals surface area contributed by atoms with Gasteiger partial charge in [0.05, 0.1) is 34.9 Å².